The zero-order valence-electron chi connectivity index (χ0n) is 18.5. The van der Waals surface area contributed by atoms with Crippen molar-refractivity contribution < 1.29 is 9.53 Å². The summed E-state index contributed by atoms with van der Waals surface area (Å²) >= 11 is 0. The number of pyridine rings is 1. The summed E-state index contributed by atoms with van der Waals surface area (Å²) in [4.78, 5) is 18.8. The SMILES string of the molecule is CN(CC1CCC1)C(=O)CC/C(=C(/N)c1ccc(OC2CCCCC2)cn1)N(C)N. The number of carbonyl (C=O) groups excluding carboxylic acids is 1. The van der Waals surface area contributed by atoms with Gasteiger partial charge in [0.25, 0.3) is 0 Å². The lowest BCUT2D eigenvalue weighted by Gasteiger charge is -2.30. The van der Waals surface area contributed by atoms with E-state index in [9.17, 15) is 4.79 Å². The van der Waals surface area contributed by atoms with E-state index in [4.69, 9.17) is 16.3 Å². The summed E-state index contributed by atoms with van der Waals surface area (Å²) in [5, 5.41) is 1.49. The molecule has 166 valence electrons. The van der Waals surface area contributed by atoms with E-state index < -0.39 is 0 Å². The molecular weight excluding hydrogens is 378 g/mol. The molecule has 7 heteroatoms. The highest BCUT2D eigenvalue weighted by atomic mass is 16.5. The minimum atomic E-state index is 0.123. The molecule has 0 saturated heterocycles. The van der Waals surface area contributed by atoms with Crippen LogP contribution in [-0.2, 0) is 4.79 Å². The molecule has 0 unspecified atom stereocenters. The van der Waals surface area contributed by atoms with Crippen LogP contribution in [0.15, 0.2) is 24.0 Å². The van der Waals surface area contributed by atoms with Crippen molar-refractivity contribution >= 4 is 11.6 Å². The minimum absolute atomic E-state index is 0.123. The van der Waals surface area contributed by atoms with Crippen LogP contribution in [0.5, 0.6) is 5.75 Å². The van der Waals surface area contributed by atoms with Crippen molar-refractivity contribution in [3.05, 3.63) is 29.7 Å². The van der Waals surface area contributed by atoms with Gasteiger partial charge in [0.05, 0.1) is 29.4 Å². The van der Waals surface area contributed by atoms with E-state index in [0.29, 0.717) is 35.8 Å². The Kier molecular flexibility index (Phi) is 7.96. The molecule has 7 nitrogen and oxygen atoms in total. The molecule has 4 N–H and O–H groups in total. The molecule has 0 radical (unpaired) electrons. The van der Waals surface area contributed by atoms with E-state index in [1.807, 2.05) is 24.1 Å². The molecule has 1 aromatic heterocycles. The molecular formula is C23H37N5O2. The summed E-state index contributed by atoms with van der Waals surface area (Å²) < 4.78 is 6.04. The third-order valence-corrected chi connectivity index (χ3v) is 6.36. The third kappa shape index (κ3) is 6.11. The normalized spacial score (nSPS) is 18.4. The Morgan fingerprint density at radius 2 is 1.83 bits per heavy atom. The van der Waals surface area contributed by atoms with Gasteiger partial charge in [-0.1, -0.05) is 12.8 Å². The number of hydrogen-bond acceptors (Lipinski definition) is 6. The van der Waals surface area contributed by atoms with Crippen molar-refractivity contribution in [3.8, 4) is 5.75 Å². The van der Waals surface area contributed by atoms with Gasteiger partial charge in [-0.25, -0.2) is 5.84 Å². The molecule has 2 aliphatic rings. The topological polar surface area (TPSA) is 97.7 Å². The van der Waals surface area contributed by atoms with E-state index in [1.165, 1.54) is 43.5 Å². The van der Waals surface area contributed by atoms with E-state index in [1.54, 1.807) is 13.2 Å². The molecule has 30 heavy (non-hydrogen) atoms. The van der Waals surface area contributed by atoms with Crippen LogP contribution >= 0.6 is 0 Å². The Labute approximate surface area is 180 Å². The summed E-state index contributed by atoms with van der Waals surface area (Å²) in [5.74, 6) is 7.58. The lowest BCUT2D eigenvalue weighted by atomic mass is 9.85. The van der Waals surface area contributed by atoms with Crippen LogP contribution in [0.25, 0.3) is 5.70 Å². The standard InChI is InChI=1S/C23H37N5O2/c1-27(16-17-7-6-8-17)22(29)14-13-21(28(2)25)23(24)20-12-11-19(15-26-20)30-18-9-4-3-5-10-18/h11-12,15,17-18H,3-10,13-14,16,24-25H2,1-2H3/b23-21-. The van der Waals surface area contributed by atoms with Gasteiger partial charge in [-0.2, -0.15) is 0 Å². The van der Waals surface area contributed by atoms with Gasteiger partial charge in [-0.05, 0) is 63.0 Å². The number of allylic oxidation sites excluding steroid dienone is 1. The van der Waals surface area contributed by atoms with Gasteiger partial charge in [0, 0.05) is 27.1 Å². The highest BCUT2D eigenvalue weighted by molar-refractivity contribution is 5.76. The van der Waals surface area contributed by atoms with Crippen molar-refractivity contribution in [2.24, 2.45) is 17.5 Å². The van der Waals surface area contributed by atoms with Crippen molar-refractivity contribution in [2.45, 2.75) is 70.3 Å². The van der Waals surface area contributed by atoms with Crippen LogP contribution in [0.2, 0.25) is 0 Å². The number of rotatable bonds is 9. The second-order valence-electron chi connectivity index (χ2n) is 8.80. The van der Waals surface area contributed by atoms with Gasteiger partial charge in [0.2, 0.25) is 5.91 Å². The van der Waals surface area contributed by atoms with Crippen LogP contribution in [-0.4, -0.2) is 47.5 Å². The maximum absolute atomic E-state index is 12.5. The van der Waals surface area contributed by atoms with Gasteiger partial charge in [0.1, 0.15) is 5.75 Å². The first-order chi connectivity index (χ1) is 14.4. The lowest BCUT2D eigenvalue weighted by molar-refractivity contribution is -0.130. The predicted octanol–water partition coefficient (Wildman–Crippen LogP) is 3.26. The van der Waals surface area contributed by atoms with Gasteiger partial charge in [0.15, 0.2) is 0 Å². The number of aromatic nitrogens is 1. The van der Waals surface area contributed by atoms with Gasteiger partial charge in [-0.3, -0.25) is 9.78 Å². The average Bonchev–Trinajstić information content (AvgIpc) is 2.71. The van der Waals surface area contributed by atoms with Crippen LogP contribution in [0.3, 0.4) is 0 Å². The first-order valence-electron chi connectivity index (χ1n) is 11.3. The van der Waals surface area contributed by atoms with Gasteiger partial charge >= 0.3 is 0 Å². The summed E-state index contributed by atoms with van der Waals surface area (Å²) in [7, 11) is 3.62. The molecule has 1 amide bonds. The number of hydrogen-bond donors (Lipinski definition) is 2. The van der Waals surface area contributed by atoms with Crippen molar-refractivity contribution in [3.63, 3.8) is 0 Å². The predicted molar refractivity (Wildman–Crippen MR) is 119 cm³/mol. The van der Waals surface area contributed by atoms with Crippen molar-refractivity contribution in [1.29, 1.82) is 0 Å². The Bertz CT molecular complexity index is 722. The molecule has 2 saturated carbocycles. The molecule has 0 spiro atoms. The number of nitrogens with two attached hydrogens (primary N) is 2. The Morgan fingerprint density at radius 1 is 1.10 bits per heavy atom. The van der Waals surface area contributed by atoms with Crippen LogP contribution in [0, 0.1) is 5.92 Å². The summed E-state index contributed by atoms with van der Waals surface area (Å²) in [6, 6.07) is 3.77. The molecule has 0 bridgehead atoms. The smallest absolute Gasteiger partial charge is 0.222 e. The second kappa shape index (κ2) is 10.7. The number of carbonyl (C=O) groups is 1. The van der Waals surface area contributed by atoms with Crippen LogP contribution in [0.4, 0.5) is 0 Å². The fourth-order valence-corrected chi connectivity index (χ4v) is 4.21. The minimum Gasteiger partial charge on any atom is -0.489 e. The summed E-state index contributed by atoms with van der Waals surface area (Å²) in [5.41, 5.74) is 8.24. The van der Waals surface area contributed by atoms with Crippen LogP contribution in [0.1, 0.15) is 69.9 Å². The zero-order chi connectivity index (χ0) is 21.5. The second-order valence-corrected chi connectivity index (χ2v) is 8.80. The molecule has 2 aliphatic carbocycles. The first-order valence-corrected chi connectivity index (χ1v) is 11.3. The fourth-order valence-electron chi connectivity index (χ4n) is 4.21. The van der Waals surface area contributed by atoms with Crippen molar-refractivity contribution in [1.82, 2.24) is 14.9 Å². The van der Waals surface area contributed by atoms with E-state index in [2.05, 4.69) is 4.98 Å². The van der Waals surface area contributed by atoms with Crippen molar-refractivity contribution in [2.75, 3.05) is 20.6 Å². The summed E-state index contributed by atoms with van der Waals surface area (Å²) in [6.07, 6.45) is 12.6. The zero-order valence-corrected chi connectivity index (χ0v) is 18.5. The fraction of sp³-hybridized carbons (Fsp3) is 0.652. The van der Waals surface area contributed by atoms with Gasteiger partial charge < -0.3 is 20.4 Å². The van der Waals surface area contributed by atoms with E-state index in [0.717, 1.165) is 25.1 Å². The molecule has 3 rings (SSSR count). The average molecular weight is 416 g/mol. The number of hydrazine groups is 1. The molecule has 0 aliphatic heterocycles. The maximum atomic E-state index is 12.5. The number of nitrogens with zero attached hydrogens (tertiary/aromatic N) is 3. The van der Waals surface area contributed by atoms with E-state index in [-0.39, 0.29) is 12.0 Å². The highest BCUT2D eigenvalue weighted by Gasteiger charge is 2.22. The quantitative estimate of drug-likeness (QED) is 0.474. The first kappa shape index (κ1) is 22.4. The van der Waals surface area contributed by atoms with Crippen LogP contribution < -0.4 is 16.3 Å². The third-order valence-electron chi connectivity index (χ3n) is 6.36. The molecule has 1 heterocycles. The lowest BCUT2D eigenvalue weighted by Crippen LogP contribution is -2.35. The molecule has 2 fully saturated rings. The van der Waals surface area contributed by atoms with E-state index >= 15 is 0 Å². The highest BCUT2D eigenvalue weighted by Crippen LogP contribution is 2.27. The maximum Gasteiger partial charge on any atom is 0.222 e. The van der Waals surface area contributed by atoms with Gasteiger partial charge in [-0.15, -0.1) is 0 Å². The Hall–Kier alpha value is -2.28. The monoisotopic (exact) mass is 415 g/mol. The molecule has 0 aromatic carbocycles. The molecule has 1 aromatic rings. The summed E-state index contributed by atoms with van der Waals surface area (Å²) in [6.45, 7) is 0.843. The number of amides is 1. The number of ether oxygens (including phenoxy) is 1. The molecule has 0 atom stereocenters. The Balaban J connectivity index is 1.59. The Morgan fingerprint density at radius 3 is 2.40 bits per heavy atom. The largest absolute Gasteiger partial charge is 0.489 e.